The van der Waals surface area contributed by atoms with Gasteiger partial charge in [0.1, 0.15) is 5.75 Å². The van der Waals surface area contributed by atoms with Crippen LogP contribution < -0.4 is 10.1 Å². The predicted molar refractivity (Wildman–Crippen MR) is 82.3 cm³/mol. The van der Waals surface area contributed by atoms with Gasteiger partial charge in [0.05, 0.1) is 12.1 Å². The molecule has 1 aliphatic carbocycles. The molecule has 6 nitrogen and oxygen atoms in total. The molecule has 0 saturated heterocycles. The predicted octanol–water partition coefficient (Wildman–Crippen LogP) is 2.25. The van der Waals surface area contributed by atoms with Crippen molar-refractivity contribution < 1.29 is 32.6 Å². The number of benzene rings is 1. The van der Waals surface area contributed by atoms with Crippen molar-refractivity contribution in [3.8, 4) is 5.75 Å². The summed E-state index contributed by atoms with van der Waals surface area (Å²) in [5, 5.41) is 11.5. The average molecular weight is 360 g/mol. The van der Waals surface area contributed by atoms with Crippen LogP contribution in [0.15, 0.2) is 24.3 Å². The van der Waals surface area contributed by atoms with Gasteiger partial charge in [-0.1, -0.05) is 19.1 Å². The number of rotatable bonds is 7. The molecule has 0 aromatic heterocycles. The molecule has 1 fully saturated rings. The highest BCUT2D eigenvalue weighted by Gasteiger charge is 2.36. The number of para-hydroxylation sites is 1. The van der Waals surface area contributed by atoms with Gasteiger partial charge in [-0.2, -0.15) is 0 Å². The number of carbonyl (C=O) groups excluding carboxylic acids is 1. The Labute approximate surface area is 142 Å². The normalized spacial score (nSPS) is 20.0. The molecule has 0 aliphatic heterocycles. The first-order valence-corrected chi connectivity index (χ1v) is 7.81. The molecule has 25 heavy (non-hydrogen) atoms. The molecule has 2 N–H and O–H groups in total. The lowest BCUT2D eigenvalue weighted by atomic mass is 9.85. The molecule has 0 unspecified atom stereocenters. The topological polar surface area (TPSA) is 78.9 Å². The monoisotopic (exact) mass is 360 g/mol. The number of alkyl halides is 3. The molecule has 1 aromatic carbocycles. The Hall–Kier alpha value is -2.29. The zero-order valence-electron chi connectivity index (χ0n) is 13.5. The lowest BCUT2D eigenvalue weighted by Gasteiger charge is -2.42. The zero-order valence-corrected chi connectivity index (χ0v) is 13.5. The first-order valence-electron chi connectivity index (χ1n) is 7.81. The molecule has 2 rings (SSSR count). The number of halogens is 3. The van der Waals surface area contributed by atoms with Crippen LogP contribution in [0, 0.1) is 0 Å². The van der Waals surface area contributed by atoms with Crippen molar-refractivity contribution in [2.24, 2.45) is 0 Å². The van der Waals surface area contributed by atoms with E-state index >= 15 is 0 Å². The number of nitrogens with zero attached hydrogens (tertiary/aromatic N) is 1. The number of carboxylic acid groups (broad SMARTS) is 1. The van der Waals surface area contributed by atoms with Crippen LogP contribution in [0.2, 0.25) is 0 Å². The van der Waals surface area contributed by atoms with Gasteiger partial charge in [-0.3, -0.25) is 14.5 Å². The number of hydrogen-bond acceptors (Lipinski definition) is 4. The first-order chi connectivity index (χ1) is 11.7. The average Bonchev–Trinajstić information content (AvgIpc) is 2.47. The van der Waals surface area contributed by atoms with Crippen LogP contribution in [0.3, 0.4) is 0 Å². The maximum atomic E-state index is 12.4. The number of amides is 1. The van der Waals surface area contributed by atoms with Gasteiger partial charge in [0, 0.05) is 12.1 Å². The van der Waals surface area contributed by atoms with Gasteiger partial charge in [0.2, 0.25) is 0 Å². The minimum absolute atomic E-state index is 0.0352. The quantitative estimate of drug-likeness (QED) is 0.780. The van der Waals surface area contributed by atoms with E-state index in [2.05, 4.69) is 10.1 Å². The van der Waals surface area contributed by atoms with Gasteiger partial charge in [-0.15, -0.1) is 13.2 Å². The van der Waals surface area contributed by atoms with E-state index in [0.29, 0.717) is 19.4 Å². The number of carbonyl (C=O) groups is 2. The van der Waals surface area contributed by atoms with Crippen LogP contribution in [0.5, 0.6) is 5.75 Å². The molecule has 138 valence electrons. The molecule has 0 heterocycles. The Kier molecular flexibility index (Phi) is 5.89. The molecule has 0 radical (unpaired) electrons. The summed E-state index contributed by atoms with van der Waals surface area (Å²) >= 11 is 0. The summed E-state index contributed by atoms with van der Waals surface area (Å²) in [7, 11) is 0. The van der Waals surface area contributed by atoms with Crippen molar-refractivity contribution >= 4 is 11.9 Å². The van der Waals surface area contributed by atoms with Crippen molar-refractivity contribution in [2.45, 2.75) is 38.2 Å². The maximum Gasteiger partial charge on any atom is 0.573 e. The number of carboxylic acids is 1. The van der Waals surface area contributed by atoms with Gasteiger partial charge in [0.15, 0.2) is 0 Å². The lowest BCUT2D eigenvalue weighted by molar-refractivity contribution is -0.274. The molecule has 1 aromatic rings. The van der Waals surface area contributed by atoms with Crippen molar-refractivity contribution in [3.63, 3.8) is 0 Å². The standard InChI is InChI=1S/C16H19F3N2O4/c1-2-21(9-14(22)23)11-7-10(8-11)20-15(24)12-5-3-4-6-13(12)25-16(17,18)19/h3-6,10-11H,2,7-9H2,1H3,(H,20,24)(H,22,23). The van der Waals surface area contributed by atoms with Crippen LogP contribution >= 0.6 is 0 Å². The van der Waals surface area contributed by atoms with E-state index in [9.17, 15) is 22.8 Å². The Bertz CT molecular complexity index is 630. The van der Waals surface area contributed by atoms with Crippen molar-refractivity contribution in [3.05, 3.63) is 29.8 Å². The summed E-state index contributed by atoms with van der Waals surface area (Å²) in [6.07, 6.45) is -3.78. The van der Waals surface area contributed by atoms with Crippen molar-refractivity contribution in [1.29, 1.82) is 0 Å². The Morgan fingerprint density at radius 2 is 1.96 bits per heavy atom. The van der Waals surface area contributed by atoms with Crippen LogP contribution in [0.25, 0.3) is 0 Å². The van der Waals surface area contributed by atoms with Gasteiger partial charge in [-0.05, 0) is 31.5 Å². The number of nitrogens with one attached hydrogen (secondary N) is 1. The van der Waals surface area contributed by atoms with E-state index in [1.54, 1.807) is 4.90 Å². The first kappa shape index (κ1) is 19.0. The molecule has 1 saturated carbocycles. The number of likely N-dealkylation sites (N-methyl/N-ethyl adjacent to an activating group) is 1. The molecule has 1 amide bonds. The number of aliphatic carboxylic acids is 1. The maximum absolute atomic E-state index is 12.4. The molecule has 0 bridgehead atoms. The molecule has 0 spiro atoms. The summed E-state index contributed by atoms with van der Waals surface area (Å²) in [5.41, 5.74) is -0.193. The second-order valence-corrected chi connectivity index (χ2v) is 5.80. The Balaban J connectivity index is 1.93. The van der Waals surface area contributed by atoms with Crippen LogP contribution in [0.4, 0.5) is 13.2 Å². The minimum Gasteiger partial charge on any atom is -0.480 e. The summed E-state index contributed by atoms with van der Waals surface area (Å²) in [6.45, 7) is 2.34. The second-order valence-electron chi connectivity index (χ2n) is 5.80. The molecular formula is C16H19F3N2O4. The summed E-state index contributed by atoms with van der Waals surface area (Å²) in [4.78, 5) is 24.8. The van der Waals surface area contributed by atoms with E-state index in [1.165, 1.54) is 18.2 Å². The van der Waals surface area contributed by atoms with E-state index in [-0.39, 0.29) is 24.2 Å². The highest BCUT2D eigenvalue weighted by atomic mass is 19.4. The zero-order chi connectivity index (χ0) is 18.6. The van der Waals surface area contributed by atoms with Crippen molar-refractivity contribution in [1.82, 2.24) is 10.2 Å². The fraction of sp³-hybridized carbons (Fsp3) is 0.500. The fourth-order valence-corrected chi connectivity index (χ4v) is 2.81. The van der Waals surface area contributed by atoms with E-state index < -0.39 is 24.0 Å². The Morgan fingerprint density at radius 1 is 1.32 bits per heavy atom. The van der Waals surface area contributed by atoms with Crippen LogP contribution in [0.1, 0.15) is 30.1 Å². The van der Waals surface area contributed by atoms with Crippen LogP contribution in [-0.4, -0.2) is 53.4 Å². The van der Waals surface area contributed by atoms with Gasteiger partial charge < -0.3 is 15.2 Å². The Morgan fingerprint density at radius 3 is 2.52 bits per heavy atom. The second kappa shape index (κ2) is 7.73. The lowest BCUT2D eigenvalue weighted by Crippen LogP contribution is -2.54. The van der Waals surface area contributed by atoms with Gasteiger partial charge in [0.25, 0.3) is 5.91 Å². The fourth-order valence-electron chi connectivity index (χ4n) is 2.81. The van der Waals surface area contributed by atoms with Gasteiger partial charge in [-0.25, -0.2) is 0 Å². The molecule has 9 heteroatoms. The number of ether oxygens (including phenoxy) is 1. The SMILES string of the molecule is CCN(CC(=O)O)C1CC(NC(=O)c2ccccc2OC(F)(F)F)C1. The van der Waals surface area contributed by atoms with E-state index in [4.69, 9.17) is 5.11 Å². The third-order valence-corrected chi connectivity index (χ3v) is 4.07. The molecular weight excluding hydrogens is 341 g/mol. The molecule has 0 atom stereocenters. The summed E-state index contributed by atoms with van der Waals surface area (Å²) in [6, 6.07) is 4.97. The summed E-state index contributed by atoms with van der Waals surface area (Å²) < 4.78 is 41.1. The van der Waals surface area contributed by atoms with Crippen LogP contribution in [-0.2, 0) is 4.79 Å². The highest BCUT2D eigenvalue weighted by molar-refractivity contribution is 5.97. The number of hydrogen-bond donors (Lipinski definition) is 2. The summed E-state index contributed by atoms with van der Waals surface area (Å²) in [5.74, 6) is -2.12. The smallest absolute Gasteiger partial charge is 0.480 e. The third-order valence-electron chi connectivity index (χ3n) is 4.07. The molecule has 1 aliphatic rings. The third kappa shape index (κ3) is 5.35. The van der Waals surface area contributed by atoms with Gasteiger partial charge >= 0.3 is 12.3 Å². The minimum atomic E-state index is -4.88. The van der Waals surface area contributed by atoms with Crippen molar-refractivity contribution in [2.75, 3.05) is 13.1 Å². The van der Waals surface area contributed by atoms with E-state index in [1.807, 2.05) is 6.92 Å². The van der Waals surface area contributed by atoms with E-state index in [0.717, 1.165) is 6.07 Å². The highest BCUT2D eigenvalue weighted by Crippen LogP contribution is 2.28. The largest absolute Gasteiger partial charge is 0.573 e.